The number of hydrogen-bond donors (Lipinski definition) is 0. The zero-order valence-electron chi connectivity index (χ0n) is 4.39. The molecule has 7 heavy (non-hydrogen) atoms. The molecule has 0 aromatic rings. The molecule has 2 heteroatoms. The molecule has 39 valence electrons. The zero-order valence-corrected chi connectivity index (χ0v) is 5.21. The second kappa shape index (κ2) is 1.25. The van der Waals surface area contributed by atoms with E-state index in [-0.39, 0.29) is 9.86 Å². The molecule has 0 N–H and O–H groups in total. The van der Waals surface area contributed by atoms with E-state index >= 15 is 0 Å². The van der Waals surface area contributed by atoms with Crippen LogP contribution in [0.1, 0.15) is 13.8 Å². The van der Waals surface area contributed by atoms with Crippen LogP contribution >= 0.6 is 11.8 Å². The summed E-state index contributed by atoms with van der Waals surface area (Å²) in [5.74, 6) is 0. The van der Waals surface area contributed by atoms with Crippen molar-refractivity contribution in [1.82, 2.24) is 0 Å². The molecule has 0 atom stereocenters. The molecule has 1 radical (unpaired) electrons. The van der Waals surface area contributed by atoms with E-state index in [0.717, 1.165) is 0 Å². The van der Waals surface area contributed by atoms with Gasteiger partial charge in [-0.05, 0) is 13.8 Å². The van der Waals surface area contributed by atoms with Gasteiger partial charge < -0.3 is 0 Å². The first-order valence-corrected chi connectivity index (χ1v) is 3.01. The van der Waals surface area contributed by atoms with Crippen molar-refractivity contribution in [3.63, 3.8) is 0 Å². The quantitative estimate of drug-likeness (QED) is 0.472. The summed E-state index contributed by atoms with van der Waals surface area (Å²) in [4.78, 5) is 10.2. The van der Waals surface area contributed by atoms with Gasteiger partial charge in [0.05, 0.1) is 6.42 Å². The minimum Gasteiger partial charge on any atom is -0.287 e. The maximum absolute atomic E-state index is 10.2. The minimum atomic E-state index is 0.136. The molecule has 0 aliphatic carbocycles. The standard InChI is InChI=1S/C5H7OS/c1-5(2)3-4(6)7-5/h3H,1-2H3. The summed E-state index contributed by atoms with van der Waals surface area (Å²) in [5, 5.41) is 0.213. The van der Waals surface area contributed by atoms with Gasteiger partial charge in [-0.25, -0.2) is 0 Å². The molecule has 0 spiro atoms. The molecular formula is C5H7OS. The Balaban J connectivity index is 2.43. The summed E-state index contributed by atoms with van der Waals surface area (Å²) in [7, 11) is 0. The number of carbonyl (C=O) groups is 1. The number of rotatable bonds is 0. The van der Waals surface area contributed by atoms with E-state index in [0.29, 0.717) is 0 Å². The lowest BCUT2D eigenvalue weighted by atomic mass is 10.1. The molecule has 0 amide bonds. The van der Waals surface area contributed by atoms with Crippen molar-refractivity contribution < 1.29 is 4.79 Å². The van der Waals surface area contributed by atoms with Crippen LogP contribution in [0.2, 0.25) is 0 Å². The van der Waals surface area contributed by atoms with Crippen LogP contribution in [-0.2, 0) is 4.79 Å². The fourth-order valence-electron chi connectivity index (χ4n) is 0.544. The molecule has 0 bridgehead atoms. The van der Waals surface area contributed by atoms with E-state index in [1.165, 1.54) is 11.8 Å². The smallest absolute Gasteiger partial charge is 0.194 e. The Labute approximate surface area is 47.5 Å². The predicted octanol–water partition coefficient (Wildman–Crippen LogP) is 1.24. The second-order valence-corrected chi connectivity index (χ2v) is 3.83. The first-order valence-electron chi connectivity index (χ1n) is 2.19. The average molecular weight is 115 g/mol. The summed E-state index contributed by atoms with van der Waals surface area (Å²) in [6, 6.07) is 0. The van der Waals surface area contributed by atoms with E-state index in [4.69, 9.17) is 0 Å². The summed E-state index contributed by atoms with van der Waals surface area (Å²) in [6.07, 6.45) is 1.73. The van der Waals surface area contributed by atoms with Gasteiger partial charge in [-0.3, -0.25) is 4.79 Å². The molecule has 0 unspecified atom stereocenters. The van der Waals surface area contributed by atoms with Crippen LogP contribution in [0.3, 0.4) is 0 Å². The number of thioether (sulfide) groups is 1. The fourth-order valence-corrected chi connectivity index (χ4v) is 1.40. The van der Waals surface area contributed by atoms with Crippen LogP contribution < -0.4 is 0 Å². The van der Waals surface area contributed by atoms with Crippen LogP contribution in [0.4, 0.5) is 0 Å². The first-order chi connectivity index (χ1) is 3.10. The summed E-state index contributed by atoms with van der Waals surface area (Å²) in [6.45, 7) is 4.05. The molecule has 1 heterocycles. The van der Waals surface area contributed by atoms with Gasteiger partial charge in [0.2, 0.25) is 0 Å². The number of hydrogen-bond acceptors (Lipinski definition) is 2. The zero-order chi connectivity index (χ0) is 5.49. The van der Waals surface area contributed by atoms with Crippen molar-refractivity contribution in [1.29, 1.82) is 0 Å². The van der Waals surface area contributed by atoms with Crippen LogP contribution in [0.5, 0.6) is 0 Å². The van der Waals surface area contributed by atoms with Crippen molar-refractivity contribution in [3.8, 4) is 0 Å². The topological polar surface area (TPSA) is 17.1 Å². The molecule has 0 aromatic heterocycles. The highest BCUT2D eigenvalue weighted by Gasteiger charge is 2.35. The highest BCUT2D eigenvalue weighted by atomic mass is 32.2. The van der Waals surface area contributed by atoms with Gasteiger partial charge in [-0.1, -0.05) is 11.8 Å². The van der Waals surface area contributed by atoms with E-state index in [2.05, 4.69) is 0 Å². The van der Waals surface area contributed by atoms with Crippen molar-refractivity contribution in [2.75, 3.05) is 0 Å². The predicted molar refractivity (Wildman–Crippen MR) is 31.0 cm³/mol. The Morgan fingerprint density at radius 1 is 1.71 bits per heavy atom. The van der Waals surface area contributed by atoms with Gasteiger partial charge >= 0.3 is 0 Å². The number of carbonyl (C=O) groups excluding carboxylic acids is 1. The minimum absolute atomic E-state index is 0.136. The fraction of sp³-hybridized carbons (Fsp3) is 0.600. The molecule has 0 aromatic carbocycles. The Morgan fingerprint density at radius 3 is 2.14 bits per heavy atom. The van der Waals surface area contributed by atoms with Crippen molar-refractivity contribution in [2.45, 2.75) is 18.6 Å². The lowest BCUT2D eigenvalue weighted by molar-refractivity contribution is -0.109. The third-order valence-corrected chi connectivity index (χ3v) is 1.79. The van der Waals surface area contributed by atoms with E-state index in [9.17, 15) is 4.79 Å². The van der Waals surface area contributed by atoms with E-state index in [1.54, 1.807) is 6.42 Å². The summed E-state index contributed by atoms with van der Waals surface area (Å²) in [5.41, 5.74) is 0. The van der Waals surface area contributed by atoms with Crippen LogP contribution in [0.25, 0.3) is 0 Å². The van der Waals surface area contributed by atoms with Gasteiger partial charge in [0.1, 0.15) is 0 Å². The molecule has 1 fully saturated rings. The van der Waals surface area contributed by atoms with E-state index < -0.39 is 0 Å². The van der Waals surface area contributed by atoms with Crippen molar-refractivity contribution in [2.24, 2.45) is 0 Å². The maximum atomic E-state index is 10.2. The molecule has 0 saturated carbocycles. The van der Waals surface area contributed by atoms with Gasteiger partial charge in [0.25, 0.3) is 0 Å². The highest BCUT2D eigenvalue weighted by Crippen LogP contribution is 2.39. The van der Waals surface area contributed by atoms with Crippen molar-refractivity contribution >= 4 is 16.9 Å². The lowest BCUT2D eigenvalue weighted by Crippen LogP contribution is -2.31. The summed E-state index contributed by atoms with van der Waals surface area (Å²) < 4.78 is 0.136. The second-order valence-electron chi connectivity index (χ2n) is 2.17. The largest absolute Gasteiger partial charge is 0.287 e. The van der Waals surface area contributed by atoms with Gasteiger partial charge in [-0.2, -0.15) is 0 Å². The van der Waals surface area contributed by atoms with Crippen LogP contribution in [0, 0.1) is 6.42 Å². The Hall–Kier alpha value is 0.0200. The van der Waals surface area contributed by atoms with Gasteiger partial charge in [-0.15, -0.1) is 0 Å². The molecule has 1 aliphatic heterocycles. The monoisotopic (exact) mass is 115 g/mol. The van der Waals surface area contributed by atoms with E-state index in [1.807, 2.05) is 13.8 Å². The maximum Gasteiger partial charge on any atom is 0.194 e. The third-order valence-electron chi connectivity index (χ3n) is 0.829. The Morgan fingerprint density at radius 2 is 2.14 bits per heavy atom. The lowest BCUT2D eigenvalue weighted by Gasteiger charge is -2.30. The Bertz CT molecular complexity index is 96.6. The Kier molecular flexibility index (Phi) is 0.921. The molecule has 1 rings (SSSR count). The van der Waals surface area contributed by atoms with Crippen molar-refractivity contribution in [3.05, 3.63) is 6.42 Å². The third kappa shape index (κ3) is 0.969. The molecule has 1 aliphatic rings. The van der Waals surface area contributed by atoms with Crippen LogP contribution in [-0.4, -0.2) is 9.86 Å². The molecule has 1 nitrogen and oxygen atoms in total. The molecular weight excluding hydrogens is 108 g/mol. The highest BCUT2D eigenvalue weighted by molar-refractivity contribution is 8.17. The molecule has 1 saturated heterocycles. The van der Waals surface area contributed by atoms with Crippen LogP contribution in [0.15, 0.2) is 0 Å². The SMILES string of the molecule is CC1(C)[CH]C(=O)S1. The normalized spacial score (nSPS) is 26.9. The first kappa shape index (κ1) is 5.16. The van der Waals surface area contributed by atoms with Gasteiger partial charge in [0.15, 0.2) is 5.12 Å². The van der Waals surface area contributed by atoms with Gasteiger partial charge in [0, 0.05) is 4.75 Å². The average Bonchev–Trinajstić information content (AvgIpc) is 1.27. The summed E-state index contributed by atoms with van der Waals surface area (Å²) >= 11 is 1.39.